The highest BCUT2D eigenvalue weighted by molar-refractivity contribution is 7.94. The van der Waals surface area contributed by atoms with Gasteiger partial charge in [-0.05, 0) is 29.8 Å². The molecule has 1 atom stereocenters. The third-order valence-corrected chi connectivity index (χ3v) is 5.24. The summed E-state index contributed by atoms with van der Waals surface area (Å²) in [7, 11) is -2.27. The number of benzene rings is 2. The third-order valence-electron chi connectivity index (χ3n) is 4.03. The van der Waals surface area contributed by atoms with E-state index < -0.39 is 27.5 Å². The molecule has 1 aliphatic heterocycles. The molecule has 0 saturated heterocycles. The number of rotatable bonds is 4. The summed E-state index contributed by atoms with van der Waals surface area (Å²) in [6, 6.07) is 14.4. The molecule has 0 spiro atoms. The Morgan fingerprint density at radius 3 is 2.16 bits per heavy atom. The summed E-state index contributed by atoms with van der Waals surface area (Å²) in [5, 5.41) is 10.2. The predicted molar refractivity (Wildman–Crippen MR) is 94.2 cm³/mol. The van der Waals surface area contributed by atoms with Gasteiger partial charge in [0.05, 0.1) is 7.11 Å². The minimum Gasteiger partial charge on any atom is -0.502 e. The summed E-state index contributed by atoms with van der Waals surface area (Å²) in [5.74, 6) is -0.890. The summed E-state index contributed by atoms with van der Waals surface area (Å²) in [4.78, 5) is 13.6. The Morgan fingerprint density at radius 2 is 1.64 bits per heavy atom. The fourth-order valence-electron chi connectivity index (χ4n) is 2.91. The average Bonchev–Trinajstić information content (AvgIpc) is 2.87. The minimum absolute atomic E-state index is 0.292. The molecule has 1 N–H and O–H groups in total. The summed E-state index contributed by atoms with van der Waals surface area (Å²) < 4.78 is 29.6. The lowest BCUT2D eigenvalue weighted by molar-refractivity contribution is -0.117. The zero-order chi connectivity index (χ0) is 18.2. The largest absolute Gasteiger partial charge is 0.502 e. The number of anilines is 1. The van der Waals surface area contributed by atoms with Crippen LogP contribution >= 0.6 is 0 Å². The van der Waals surface area contributed by atoms with Gasteiger partial charge in [0.2, 0.25) is 0 Å². The van der Waals surface area contributed by atoms with Crippen LogP contribution in [-0.4, -0.2) is 32.8 Å². The van der Waals surface area contributed by atoms with Crippen LogP contribution in [0.1, 0.15) is 11.6 Å². The minimum atomic E-state index is -3.79. The SMILES string of the molecule is COc1ccc(N2C(=O)C(O)=C(S(C)(=O)=O)[C@@H]2c2ccccc2)cc1. The van der Waals surface area contributed by atoms with Crippen molar-refractivity contribution in [1.82, 2.24) is 0 Å². The maximum atomic E-state index is 12.6. The number of sulfone groups is 1. The molecule has 3 rings (SSSR count). The van der Waals surface area contributed by atoms with Gasteiger partial charge in [0.15, 0.2) is 15.6 Å². The van der Waals surface area contributed by atoms with Gasteiger partial charge in [-0.25, -0.2) is 8.42 Å². The molecule has 0 saturated carbocycles. The second-order valence-corrected chi connectivity index (χ2v) is 7.66. The van der Waals surface area contributed by atoms with Gasteiger partial charge in [-0.2, -0.15) is 0 Å². The Hall–Kier alpha value is -2.80. The van der Waals surface area contributed by atoms with Crippen molar-refractivity contribution in [2.45, 2.75) is 6.04 Å². The lowest BCUT2D eigenvalue weighted by atomic mass is 10.1. The van der Waals surface area contributed by atoms with Gasteiger partial charge in [0, 0.05) is 11.9 Å². The van der Waals surface area contributed by atoms with E-state index in [-0.39, 0.29) is 4.91 Å². The second kappa shape index (κ2) is 6.25. The zero-order valence-corrected chi connectivity index (χ0v) is 14.5. The molecule has 6 nitrogen and oxygen atoms in total. The monoisotopic (exact) mass is 359 g/mol. The fraction of sp³-hybridized carbons (Fsp3) is 0.167. The highest BCUT2D eigenvalue weighted by Crippen LogP contribution is 2.42. The first-order valence-corrected chi connectivity index (χ1v) is 9.39. The number of aliphatic hydroxyl groups is 1. The van der Waals surface area contributed by atoms with E-state index in [1.165, 1.54) is 12.0 Å². The van der Waals surface area contributed by atoms with E-state index >= 15 is 0 Å². The molecule has 0 radical (unpaired) electrons. The standard InChI is InChI=1S/C18H17NO5S/c1-24-14-10-8-13(9-11-14)19-15(12-6-4-3-5-7-12)17(25(2,22)23)16(20)18(19)21/h3-11,15,20H,1-2H3/t15-/m0/s1. The molecule has 2 aromatic rings. The first-order chi connectivity index (χ1) is 11.8. The van der Waals surface area contributed by atoms with Crippen LogP contribution in [0.5, 0.6) is 5.75 Å². The number of hydrogen-bond acceptors (Lipinski definition) is 5. The van der Waals surface area contributed by atoms with Gasteiger partial charge in [-0.3, -0.25) is 9.69 Å². The number of carbonyl (C=O) groups excluding carboxylic acids is 1. The molecule has 0 bridgehead atoms. The van der Waals surface area contributed by atoms with E-state index in [0.717, 1.165) is 6.26 Å². The number of hydrogen-bond donors (Lipinski definition) is 1. The smallest absolute Gasteiger partial charge is 0.295 e. The van der Waals surface area contributed by atoms with Crippen LogP contribution in [0.2, 0.25) is 0 Å². The second-order valence-electron chi connectivity index (χ2n) is 5.67. The van der Waals surface area contributed by atoms with Crippen LogP contribution in [0.4, 0.5) is 5.69 Å². The zero-order valence-electron chi connectivity index (χ0n) is 13.7. The molecule has 0 unspecified atom stereocenters. The molecule has 1 amide bonds. The number of amides is 1. The van der Waals surface area contributed by atoms with E-state index in [0.29, 0.717) is 17.0 Å². The van der Waals surface area contributed by atoms with Crippen LogP contribution in [0.15, 0.2) is 65.3 Å². The number of ether oxygens (including phenoxy) is 1. The maximum absolute atomic E-state index is 12.6. The molecule has 7 heteroatoms. The van der Waals surface area contributed by atoms with Crippen molar-refractivity contribution in [1.29, 1.82) is 0 Å². The first-order valence-electron chi connectivity index (χ1n) is 7.50. The summed E-state index contributed by atoms with van der Waals surface area (Å²) >= 11 is 0. The maximum Gasteiger partial charge on any atom is 0.295 e. The van der Waals surface area contributed by atoms with Crippen LogP contribution in [0, 0.1) is 0 Å². The van der Waals surface area contributed by atoms with Crippen LogP contribution in [0.3, 0.4) is 0 Å². The van der Waals surface area contributed by atoms with E-state index in [2.05, 4.69) is 0 Å². The van der Waals surface area contributed by atoms with Crippen molar-refractivity contribution in [3.05, 3.63) is 70.8 Å². The van der Waals surface area contributed by atoms with E-state index in [1.807, 2.05) is 0 Å². The molecule has 0 aliphatic carbocycles. The molecule has 1 heterocycles. The Morgan fingerprint density at radius 1 is 1.04 bits per heavy atom. The van der Waals surface area contributed by atoms with E-state index in [4.69, 9.17) is 4.74 Å². The molecule has 25 heavy (non-hydrogen) atoms. The van der Waals surface area contributed by atoms with Crippen LogP contribution < -0.4 is 9.64 Å². The topological polar surface area (TPSA) is 83.9 Å². The molecule has 1 aliphatic rings. The van der Waals surface area contributed by atoms with Crippen molar-refractivity contribution in [3.8, 4) is 5.75 Å². The van der Waals surface area contributed by atoms with Gasteiger partial charge in [-0.1, -0.05) is 30.3 Å². The summed E-state index contributed by atoms with van der Waals surface area (Å²) in [6.45, 7) is 0. The van der Waals surface area contributed by atoms with E-state index in [9.17, 15) is 18.3 Å². The van der Waals surface area contributed by atoms with Crippen molar-refractivity contribution in [2.24, 2.45) is 0 Å². The van der Waals surface area contributed by atoms with Gasteiger partial charge in [0.25, 0.3) is 5.91 Å². The number of methoxy groups -OCH3 is 1. The molecular formula is C18H17NO5S. The van der Waals surface area contributed by atoms with Crippen LogP contribution in [0.25, 0.3) is 0 Å². The number of aliphatic hydroxyl groups excluding tert-OH is 1. The summed E-state index contributed by atoms with van der Waals surface area (Å²) in [6.07, 6.45) is 0.985. The van der Waals surface area contributed by atoms with E-state index in [1.54, 1.807) is 54.6 Å². The lowest BCUT2D eigenvalue weighted by Crippen LogP contribution is -2.30. The normalized spacial score (nSPS) is 17.9. The first kappa shape index (κ1) is 17.0. The number of carbonyl (C=O) groups is 1. The van der Waals surface area contributed by atoms with Crippen molar-refractivity contribution < 1.29 is 23.1 Å². The quantitative estimate of drug-likeness (QED) is 0.907. The Balaban J connectivity index is 2.18. The lowest BCUT2D eigenvalue weighted by Gasteiger charge is -2.26. The highest BCUT2D eigenvalue weighted by atomic mass is 32.2. The molecular weight excluding hydrogens is 342 g/mol. The molecule has 0 aromatic heterocycles. The fourth-order valence-corrected chi connectivity index (χ4v) is 3.99. The Kier molecular flexibility index (Phi) is 4.26. The van der Waals surface area contributed by atoms with Crippen molar-refractivity contribution in [2.75, 3.05) is 18.3 Å². The number of nitrogens with zero attached hydrogens (tertiary/aromatic N) is 1. The Labute approximate surface area is 145 Å². The van der Waals surface area contributed by atoms with Crippen molar-refractivity contribution in [3.63, 3.8) is 0 Å². The highest BCUT2D eigenvalue weighted by Gasteiger charge is 2.45. The Bertz CT molecular complexity index is 933. The van der Waals surface area contributed by atoms with Crippen molar-refractivity contribution >= 4 is 21.4 Å². The molecule has 2 aromatic carbocycles. The summed E-state index contributed by atoms with van der Waals surface area (Å²) in [5.41, 5.74) is 1.06. The third kappa shape index (κ3) is 2.98. The molecule has 0 fully saturated rings. The average molecular weight is 359 g/mol. The van der Waals surface area contributed by atoms with Gasteiger partial charge in [-0.15, -0.1) is 0 Å². The van der Waals surface area contributed by atoms with Gasteiger partial charge < -0.3 is 9.84 Å². The van der Waals surface area contributed by atoms with Crippen LogP contribution in [-0.2, 0) is 14.6 Å². The van der Waals surface area contributed by atoms with Gasteiger partial charge >= 0.3 is 0 Å². The van der Waals surface area contributed by atoms with Gasteiger partial charge in [0.1, 0.15) is 16.7 Å². The molecule has 130 valence electrons. The predicted octanol–water partition coefficient (Wildman–Crippen LogP) is 2.60.